The van der Waals surface area contributed by atoms with E-state index in [-0.39, 0.29) is 18.4 Å². The van der Waals surface area contributed by atoms with Gasteiger partial charge in [0, 0.05) is 37.0 Å². The maximum absolute atomic E-state index is 14.3. The van der Waals surface area contributed by atoms with Crippen molar-refractivity contribution >= 4 is 22.8 Å². The van der Waals surface area contributed by atoms with Crippen LogP contribution in [0.4, 0.5) is 13.2 Å². The van der Waals surface area contributed by atoms with Crippen molar-refractivity contribution in [1.82, 2.24) is 9.88 Å². The van der Waals surface area contributed by atoms with Crippen LogP contribution in [0.3, 0.4) is 0 Å². The van der Waals surface area contributed by atoms with Crippen LogP contribution >= 0.6 is 11.8 Å². The minimum atomic E-state index is -4.46. The molecule has 0 radical (unpaired) electrons. The van der Waals surface area contributed by atoms with Crippen molar-refractivity contribution in [2.24, 2.45) is 23.2 Å². The highest BCUT2D eigenvalue weighted by atomic mass is 32.2. The third kappa shape index (κ3) is 3.57. The van der Waals surface area contributed by atoms with E-state index in [1.807, 2.05) is 13.0 Å². The molecule has 1 saturated heterocycles. The second-order valence-electron chi connectivity index (χ2n) is 8.78. The predicted octanol–water partition coefficient (Wildman–Crippen LogP) is 4.86. The Morgan fingerprint density at radius 2 is 2.07 bits per heavy atom. The van der Waals surface area contributed by atoms with Gasteiger partial charge in [-0.1, -0.05) is 24.6 Å². The zero-order chi connectivity index (χ0) is 21.7. The topological polar surface area (TPSA) is 50.3 Å². The molecule has 2 fully saturated rings. The quantitative estimate of drug-likeness (QED) is 0.489. The summed E-state index contributed by atoms with van der Waals surface area (Å²) in [7, 11) is 1.76. The molecule has 4 rings (SSSR count). The van der Waals surface area contributed by atoms with E-state index >= 15 is 0 Å². The predicted molar refractivity (Wildman–Crippen MR) is 107 cm³/mol. The van der Waals surface area contributed by atoms with Crippen LogP contribution in [0.25, 0.3) is 0 Å². The van der Waals surface area contributed by atoms with Crippen LogP contribution in [0.15, 0.2) is 41.1 Å². The monoisotopic (exact) mass is 438 g/mol. The smallest absolute Gasteiger partial charge is 0.342 e. The van der Waals surface area contributed by atoms with Crippen molar-refractivity contribution in [2.45, 2.75) is 56.3 Å². The van der Waals surface area contributed by atoms with E-state index in [4.69, 9.17) is 0 Å². The summed E-state index contributed by atoms with van der Waals surface area (Å²) in [5, 5.41) is -0.0594. The Balaban J connectivity index is 1.66. The lowest BCUT2D eigenvalue weighted by molar-refractivity contribution is -0.207. The molecule has 5 atom stereocenters. The lowest BCUT2D eigenvalue weighted by atomic mass is 9.54. The fourth-order valence-corrected chi connectivity index (χ4v) is 6.66. The summed E-state index contributed by atoms with van der Waals surface area (Å²) in [6.07, 6.45) is 0.803. The number of halogens is 3. The van der Waals surface area contributed by atoms with Crippen LogP contribution in [0.2, 0.25) is 0 Å². The minimum Gasteiger partial charge on any atom is -0.342 e. The lowest BCUT2D eigenvalue weighted by Crippen LogP contribution is -2.58. The van der Waals surface area contributed by atoms with E-state index in [0.29, 0.717) is 30.7 Å². The number of hydrogen-bond acceptors (Lipinski definition) is 4. The number of allylic oxidation sites excluding steroid dienone is 1. The Labute approximate surface area is 178 Å². The molecule has 3 aliphatic rings. The molecule has 1 aliphatic heterocycles. The number of carbonyl (C=O) groups is 2. The van der Waals surface area contributed by atoms with E-state index < -0.39 is 34.5 Å². The fraction of sp³-hybridized carbons (Fsp3) is 0.591. The van der Waals surface area contributed by atoms with E-state index in [9.17, 15) is 22.8 Å². The molecule has 0 spiro atoms. The number of nitrogens with zero attached hydrogens (tertiary/aromatic N) is 2. The average molecular weight is 439 g/mol. The van der Waals surface area contributed by atoms with Gasteiger partial charge >= 0.3 is 6.18 Å². The number of alkyl halides is 3. The van der Waals surface area contributed by atoms with Gasteiger partial charge in [-0.3, -0.25) is 9.59 Å². The third-order valence-corrected chi connectivity index (χ3v) is 8.20. The van der Waals surface area contributed by atoms with Crippen molar-refractivity contribution < 1.29 is 22.8 Å². The molecule has 30 heavy (non-hydrogen) atoms. The maximum atomic E-state index is 14.3. The molecule has 1 amide bonds. The van der Waals surface area contributed by atoms with E-state index in [2.05, 4.69) is 4.98 Å². The van der Waals surface area contributed by atoms with Crippen LogP contribution in [-0.2, 0) is 9.59 Å². The number of amides is 1. The van der Waals surface area contributed by atoms with Crippen LogP contribution < -0.4 is 0 Å². The number of pyridine rings is 1. The molecule has 2 heterocycles. The zero-order valence-corrected chi connectivity index (χ0v) is 17.8. The van der Waals surface area contributed by atoms with Gasteiger partial charge in [0.05, 0.1) is 5.92 Å². The summed E-state index contributed by atoms with van der Waals surface area (Å²) in [5.41, 5.74) is 0.337. The van der Waals surface area contributed by atoms with Crippen molar-refractivity contribution in [3.63, 3.8) is 0 Å². The Morgan fingerprint density at radius 3 is 2.73 bits per heavy atom. The number of carbonyl (C=O) groups excluding carboxylic acids is 2. The number of thioether (sulfide) groups is 1. The van der Waals surface area contributed by atoms with Crippen molar-refractivity contribution in [3.8, 4) is 0 Å². The largest absolute Gasteiger partial charge is 0.393 e. The molecule has 0 aromatic carbocycles. The van der Waals surface area contributed by atoms with Crippen molar-refractivity contribution in [3.05, 3.63) is 36.0 Å². The fourth-order valence-electron chi connectivity index (χ4n) is 5.80. The van der Waals surface area contributed by atoms with Crippen LogP contribution in [0.1, 0.15) is 39.0 Å². The third-order valence-electron chi connectivity index (χ3n) is 7.25. The molecule has 1 saturated carbocycles. The minimum absolute atomic E-state index is 0.0551. The van der Waals surface area contributed by atoms with Crippen molar-refractivity contribution in [2.75, 3.05) is 7.05 Å². The van der Waals surface area contributed by atoms with Gasteiger partial charge in [0.15, 0.2) is 5.12 Å². The summed E-state index contributed by atoms with van der Waals surface area (Å²) >= 11 is 0.800. The Bertz CT molecular complexity index is 873. The number of piperidine rings is 1. The Kier molecular flexibility index (Phi) is 5.49. The van der Waals surface area contributed by atoms with Crippen LogP contribution in [-0.4, -0.2) is 40.2 Å². The summed E-state index contributed by atoms with van der Waals surface area (Å²) in [4.78, 5) is 30.9. The van der Waals surface area contributed by atoms with Gasteiger partial charge in [0.25, 0.3) is 0 Å². The molecule has 0 bridgehead atoms. The van der Waals surface area contributed by atoms with Crippen molar-refractivity contribution in [1.29, 1.82) is 0 Å². The highest BCUT2D eigenvalue weighted by molar-refractivity contribution is 8.13. The summed E-state index contributed by atoms with van der Waals surface area (Å²) in [5.74, 6) is -3.46. The zero-order valence-electron chi connectivity index (χ0n) is 17.0. The molecule has 0 N–H and O–H groups in total. The summed E-state index contributed by atoms with van der Waals surface area (Å²) < 4.78 is 42.8. The normalized spacial score (nSPS) is 34.1. The molecule has 1 aromatic heterocycles. The average Bonchev–Trinajstić information content (AvgIpc) is 2.70. The number of rotatable bonds is 2. The molecule has 2 aliphatic carbocycles. The Hall–Kier alpha value is -1.83. The number of hydrogen-bond donors (Lipinski definition) is 0. The second-order valence-corrected chi connectivity index (χ2v) is 9.80. The van der Waals surface area contributed by atoms with E-state index in [0.717, 1.165) is 17.3 Å². The highest BCUT2D eigenvalue weighted by Crippen LogP contribution is 2.59. The first kappa shape index (κ1) is 21.4. The highest BCUT2D eigenvalue weighted by Gasteiger charge is 2.59. The standard InChI is InChI=1S/C22H25F3N2O2S/c1-21-11-10-18(28)27(2)16(21)9-7-13-15(21)8-6-14(19(13)22(23,24)25)20(29)30-17-5-3-4-12-26-17/h3-5,8,12-14,16,19H,6-7,9-11H2,1-2H3/t13?,14?,16?,19?,21-/m1/s1. The molecule has 162 valence electrons. The SMILES string of the molecule is CN1C(=O)CC[C@]2(C)C3=CCC(C(=O)Sc4ccccn4)C(C(F)(F)F)C3CCC12. The molecule has 4 unspecified atom stereocenters. The summed E-state index contributed by atoms with van der Waals surface area (Å²) in [6.45, 7) is 2.00. The van der Waals surface area contributed by atoms with Gasteiger partial charge in [-0.05, 0) is 55.5 Å². The molecule has 1 aromatic rings. The molecule has 8 heteroatoms. The first-order chi connectivity index (χ1) is 14.1. The molecular weight excluding hydrogens is 413 g/mol. The summed E-state index contributed by atoms with van der Waals surface area (Å²) in [6, 6.07) is 4.97. The number of likely N-dealkylation sites (tertiary alicyclic amines) is 1. The van der Waals surface area contributed by atoms with E-state index in [1.54, 1.807) is 30.1 Å². The molecule has 4 nitrogen and oxygen atoms in total. The van der Waals surface area contributed by atoms with Gasteiger partial charge in [-0.25, -0.2) is 4.98 Å². The van der Waals surface area contributed by atoms with E-state index in [1.165, 1.54) is 6.20 Å². The van der Waals surface area contributed by atoms with Gasteiger partial charge in [-0.2, -0.15) is 13.2 Å². The maximum Gasteiger partial charge on any atom is 0.393 e. The first-order valence-corrected chi connectivity index (χ1v) is 11.1. The number of aromatic nitrogens is 1. The lowest BCUT2D eigenvalue weighted by Gasteiger charge is -2.56. The van der Waals surface area contributed by atoms with Crippen LogP contribution in [0, 0.1) is 23.2 Å². The number of fused-ring (bicyclic) bond motifs is 3. The first-order valence-electron chi connectivity index (χ1n) is 10.3. The second kappa shape index (κ2) is 7.70. The van der Waals surface area contributed by atoms with Gasteiger partial charge in [0.1, 0.15) is 5.03 Å². The van der Waals surface area contributed by atoms with Gasteiger partial charge in [-0.15, -0.1) is 0 Å². The van der Waals surface area contributed by atoms with Crippen LogP contribution in [0.5, 0.6) is 0 Å². The van der Waals surface area contributed by atoms with Gasteiger partial charge < -0.3 is 4.90 Å². The Morgan fingerprint density at radius 1 is 1.30 bits per heavy atom. The van der Waals surface area contributed by atoms with Gasteiger partial charge in [0.2, 0.25) is 5.91 Å². The molecular formula is C22H25F3N2O2S.